The first-order chi connectivity index (χ1) is 13.0. The minimum absolute atomic E-state index is 0.155. The molecule has 0 saturated heterocycles. The molecule has 4 rings (SSSR count). The number of amides is 1. The molecule has 0 atom stereocenters. The van der Waals surface area contributed by atoms with Gasteiger partial charge in [0, 0.05) is 23.2 Å². The molecule has 7 heteroatoms. The predicted molar refractivity (Wildman–Crippen MR) is 101 cm³/mol. The monoisotopic (exact) mass is 360 g/mol. The quantitative estimate of drug-likeness (QED) is 0.336. The van der Waals surface area contributed by atoms with Gasteiger partial charge >= 0.3 is 5.63 Å². The number of anilines is 1. The van der Waals surface area contributed by atoms with Gasteiger partial charge in [-0.05, 0) is 35.0 Å². The van der Waals surface area contributed by atoms with Gasteiger partial charge in [-0.15, -0.1) is 0 Å². The molecule has 0 saturated carbocycles. The fraction of sp³-hybridized carbons (Fsp3) is 0. The fourth-order valence-corrected chi connectivity index (χ4v) is 2.85. The molecule has 0 spiro atoms. The third-order valence-corrected chi connectivity index (χ3v) is 4.18. The molecule has 0 aliphatic heterocycles. The molecule has 1 heterocycles. The lowest BCUT2D eigenvalue weighted by Gasteiger charge is -2.07. The Hall–Kier alpha value is -4.00. The highest BCUT2D eigenvalue weighted by atomic mass is 16.6. The van der Waals surface area contributed by atoms with E-state index in [1.54, 1.807) is 12.1 Å². The van der Waals surface area contributed by atoms with Crippen LogP contribution in [0.15, 0.2) is 75.9 Å². The van der Waals surface area contributed by atoms with Gasteiger partial charge in [-0.2, -0.15) is 0 Å². The van der Waals surface area contributed by atoms with Crippen molar-refractivity contribution in [1.82, 2.24) is 0 Å². The second kappa shape index (κ2) is 6.38. The summed E-state index contributed by atoms with van der Waals surface area (Å²) in [5.74, 6) is -0.646. The normalized spacial score (nSPS) is 10.8. The lowest BCUT2D eigenvalue weighted by Crippen LogP contribution is -2.20. The summed E-state index contributed by atoms with van der Waals surface area (Å²) in [6.45, 7) is 0. The minimum Gasteiger partial charge on any atom is -0.422 e. The molecule has 1 aromatic heterocycles. The van der Waals surface area contributed by atoms with Gasteiger partial charge < -0.3 is 9.73 Å². The van der Waals surface area contributed by atoms with Crippen LogP contribution in [0.5, 0.6) is 0 Å². The van der Waals surface area contributed by atoms with Gasteiger partial charge in [0.05, 0.1) is 4.92 Å². The van der Waals surface area contributed by atoms with Crippen molar-refractivity contribution in [1.29, 1.82) is 0 Å². The Balaban J connectivity index is 1.71. The largest absolute Gasteiger partial charge is 0.422 e. The molecular weight excluding hydrogens is 348 g/mol. The third-order valence-electron chi connectivity index (χ3n) is 4.18. The highest BCUT2D eigenvalue weighted by Gasteiger charge is 2.16. The van der Waals surface area contributed by atoms with Crippen molar-refractivity contribution in [2.24, 2.45) is 0 Å². The molecule has 0 aliphatic rings. The maximum Gasteiger partial charge on any atom is 0.349 e. The standard InChI is InChI=1S/C20H12N2O5/c23-19(21-15-6-5-12-3-1-2-4-13(12)9-15)17-11-14-10-16(22(25)26)7-8-18(14)27-20(17)24/h1-11H,(H,21,23). The Morgan fingerprint density at radius 2 is 1.70 bits per heavy atom. The molecule has 1 N–H and O–H groups in total. The Bertz CT molecular complexity index is 1280. The molecule has 132 valence electrons. The Morgan fingerprint density at radius 1 is 0.926 bits per heavy atom. The molecule has 0 fully saturated rings. The van der Waals surface area contributed by atoms with Crippen molar-refractivity contribution < 1.29 is 14.1 Å². The number of rotatable bonds is 3. The van der Waals surface area contributed by atoms with E-state index in [0.717, 1.165) is 10.8 Å². The van der Waals surface area contributed by atoms with E-state index in [2.05, 4.69) is 5.32 Å². The number of nitro groups is 1. The van der Waals surface area contributed by atoms with Crippen molar-refractivity contribution >= 4 is 39.0 Å². The van der Waals surface area contributed by atoms with Crippen LogP contribution in [-0.4, -0.2) is 10.8 Å². The van der Waals surface area contributed by atoms with E-state index in [4.69, 9.17) is 4.42 Å². The molecule has 27 heavy (non-hydrogen) atoms. The van der Waals surface area contributed by atoms with E-state index >= 15 is 0 Å². The molecule has 0 aliphatic carbocycles. The van der Waals surface area contributed by atoms with Gasteiger partial charge in [0.25, 0.3) is 11.6 Å². The zero-order valence-corrected chi connectivity index (χ0v) is 13.8. The van der Waals surface area contributed by atoms with E-state index in [1.165, 1.54) is 24.3 Å². The summed E-state index contributed by atoms with van der Waals surface area (Å²) < 4.78 is 5.12. The van der Waals surface area contributed by atoms with E-state index in [9.17, 15) is 19.7 Å². The van der Waals surface area contributed by atoms with Gasteiger partial charge in [0.2, 0.25) is 0 Å². The van der Waals surface area contributed by atoms with Crippen LogP contribution in [0.4, 0.5) is 11.4 Å². The average Bonchev–Trinajstić information content (AvgIpc) is 2.66. The average molecular weight is 360 g/mol. The highest BCUT2D eigenvalue weighted by molar-refractivity contribution is 6.06. The number of nitro benzene ring substituents is 1. The van der Waals surface area contributed by atoms with E-state index in [-0.39, 0.29) is 16.8 Å². The van der Waals surface area contributed by atoms with Gasteiger partial charge in [0.15, 0.2) is 0 Å². The first-order valence-corrected chi connectivity index (χ1v) is 8.04. The van der Waals surface area contributed by atoms with Crippen LogP contribution in [0, 0.1) is 10.1 Å². The summed E-state index contributed by atoms with van der Waals surface area (Å²) in [4.78, 5) is 35.0. The van der Waals surface area contributed by atoms with Gasteiger partial charge in [0.1, 0.15) is 11.1 Å². The van der Waals surface area contributed by atoms with Crippen LogP contribution in [0.2, 0.25) is 0 Å². The molecule has 7 nitrogen and oxygen atoms in total. The number of benzene rings is 3. The first-order valence-electron chi connectivity index (χ1n) is 8.04. The molecule has 0 radical (unpaired) electrons. The summed E-state index contributed by atoms with van der Waals surface area (Å²) in [5, 5.41) is 15.8. The van der Waals surface area contributed by atoms with Gasteiger partial charge in [-0.1, -0.05) is 30.3 Å². The number of carbonyl (C=O) groups excluding carboxylic acids is 1. The molecule has 4 aromatic rings. The lowest BCUT2D eigenvalue weighted by atomic mass is 10.1. The summed E-state index contributed by atoms with van der Waals surface area (Å²) in [6.07, 6.45) is 0. The first kappa shape index (κ1) is 16.5. The van der Waals surface area contributed by atoms with E-state index < -0.39 is 16.5 Å². The molecular formula is C20H12N2O5. The number of nitrogens with zero attached hydrogens (tertiary/aromatic N) is 1. The smallest absolute Gasteiger partial charge is 0.349 e. The summed E-state index contributed by atoms with van der Waals surface area (Å²) >= 11 is 0. The van der Waals surface area contributed by atoms with Crippen LogP contribution >= 0.6 is 0 Å². The third kappa shape index (κ3) is 3.13. The van der Waals surface area contributed by atoms with Crippen LogP contribution in [0.3, 0.4) is 0 Å². The van der Waals surface area contributed by atoms with Crippen LogP contribution < -0.4 is 10.9 Å². The molecule has 3 aromatic carbocycles. The zero-order chi connectivity index (χ0) is 19.0. The van der Waals surface area contributed by atoms with E-state index in [0.29, 0.717) is 11.1 Å². The summed E-state index contributed by atoms with van der Waals surface area (Å²) in [6, 6.07) is 18.2. The zero-order valence-electron chi connectivity index (χ0n) is 13.8. The van der Waals surface area contributed by atoms with Crippen molar-refractivity contribution in [2.75, 3.05) is 5.32 Å². The maximum absolute atomic E-state index is 12.5. The molecule has 0 bridgehead atoms. The number of fused-ring (bicyclic) bond motifs is 2. The number of hydrogen-bond acceptors (Lipinski definition) is 5. The number of nitrogens with one attached hydrogen (secondary N) is 1. The second-order valence-corrected chi connectivity index (χ2v) is 5.94. The number of carbonyl (C=O) groups is 1. The Morgan fingerprint density at radius 3 is 2.48 bits per heavy atom. The fourth-order valence-electron chi connectivity index (χ4n) is 2.85. The van der Waals surface area contributed by atoms with Gasteiger partial charge in [-0.25, -0.2) is 4.79 Å². The lowest BCUT2D eigenvalue weighted by molar-refractivity contribution is -0.384. The van der Waals surface area contributed by atoms with Crippen LogP contribution in [0.1, 0.15) is 10.4 Å². The summed E-state index contributed by atoms with van der Waals surface area (Å²) in [5.41, 5.74) is -0.492. The minimum atomic E-state index is -0.811. The van der Waals surface area contributed by atoms with E-state index in [1.807, 2.05) is 30.3 Å². The number of hydrogen-bond donors (Lipinski definition) is 1. The molecule has 1 amide bonds. The van der Waals surface area contributed by atoms with Crippen LogP contribution in [0.25, 0.3) is 21.7 Å². The van der Waals surface area contributed by atoms with Crippen molar-refractivity contribution in [3.8, 4) is 0 Å². The van der Waals surface area contributed by atoms with Crippen molar-refractivity contribution in [3.05, 3.63) is 92.8 Å². The Kier molecular flexibility index (Phi) is 3.89. The summed E-state index contributed by atoms with van der Waals surface area (Å²) in [7, 11) is 0. The van der Waals surface area contributed by atoms with Crippen LogP contribution in [-0.2, 0) is 0 Å². The number of non-ortho nitro benzene ring substituents is 1. The molecule has 0 unspecified atom stereocenters. The predicted octanol–water partition coefficient (Wildman–Crippen LogP) is 4.11. The van der Waals surface area contributed by atoms with Gasteiger partial charge in [-0.3, -0.25) is 14.9 Å². The maximum atomic E-state index is 12.5. The Labute approximate surface area is 152 Å². The second-order valence-electron chi connectivity index (χ2n) is 5.94. The SMILES string of the molecule is O=C(Nc1ccc2ccccc2c1)c1cc2cc([N+](=O)[O-])ccc2oc1=O. The highest BCUT2D eigenvalue weighted by Crippen LogP contribution is 2.22. The topological polar surface area (TPSA) is 102 Å². The van der Waals surface area contributed by atoms with Crippen molar-refractivity contribution in [3.63, 3.8) is 0 Å². The van der Waals surface area contributed by atoms with Crippen molar-refractivity contribution in [2.45, 2.75) is 0 Å².